The van der Waals surface area contributed by atoms with Crippen LogP contribution in [0, 0.1) is 0 Å². The van der Waals surface area contributed by atoms with Crippen molar-refractivity contribution in [2.75, 3.05) is 50.1 Å². The number of hydrogen-bond donors (Lipinski definition) is 2. The van der Waals surface area contributed by atoms with E-state index in [-0.39, 0.29) is 18.4 Å². The molecule has 7 nitrogen and oxygen atoms in total. The summed E-state index contributed by atoms with van der Waals surface area (Å²) in [6.07, 6.45) is 1.66. The molecule has 0 bridgehead atoms. The van der Waals surface area contributed by atoms with Crippen LogP contribution in [0.25, 0.3) is 0 Å². The fourth-order valence-corrected chi connectivity index (χ4v) is 2.89. The Morgan fingerprint density at radius 2 is 1.86 bits per heavy atom. The monoisotopic (exact) mass is 395 g/mol. The summed E-state index contributed by atoms with van der Waals surface area (Å²) in [6.45, 7) is 6.49. The van der Waals surface area contributed by atoms with Crippen LogP contribution in [0.15, 0.2) is 61.2 Å². The number of amides is 2. The summed E-state index contributed by atoms with van der Waals surface area (Å²) in [5.41, 5.74) is 2.05. The van der Waals surface area contributed by atoms with Crippen LogP contribution in [0.5, 0.6) is 5.75 Å². The van der Waals surface area contributed by atoms with Gasteiger partial charge < -0.3 is 25.0 Å². The van der Waals surface area contributed by atoms with Gasteiger partial charge in [-0.25, -0.2) is 0 Å². The number of nitrogens with zero attached hydrogens (tertiary/aromatic N) is 1. The van der Waals surface area contributed by atoms with E-state index < -0.39 is 0 Å². The molecular weight excluding hydrogens is 370 g/mol. The number of ether oxygens (including phenoxy) is 2. The summed E-state index contributed by atoms with van der Waals surface area (Å²) < 4.78 is 10.7. The molecule has 1 aliphatic rings. The van der Waals surface area contributed by atoms with Crippen molar-refractivity contribution in [2.24, 2.45) is 0 Å². The van der Waals surface area contributed by atoms with Crippen LogP contribution in [-0.2, 0) is 9.53 Å². The molecule has 2 amide bonds. The largest absolute Gasteiger partial charge is 0.489 e. The molecule has 3 rings (SSSR count). The van der Waals surface area contributed by atoms with Gasteiger partial charge in [0.05, 0.1) is 19.8 Å². The Morgan fingerprint density at radius 1 is 1.10 bits per heavy atom. The highest BCUT2D eigenvalue weighted by molar-refractivity contribution is 5.95. The highest BCUT2D eigenvalue weighted by Crippen LogP contribution is 2.17. The number of rotatable bonds is 8. The minimum atomic E-state index is -0.181. The predicted molar refractivity (Wildman–Crippen MR) is 112 cm³/mol. The van der Waals surface area contributed by atoms with Gasteiger partial charge in [0.25, 0.3) is 5.91 Å². The lowest BCUT2D eigenvalue weighted by molar-refractivity contribution is -0.114. The molecule has 0 unspecified atom stereocenters. The first-order valence-electron chi connectivity index (χ1n) is 9.50. The summed E-state index contributed by atoms with van der Waals surface area (Å²) >= 11 is 0. The second kappa shape index (κ2) is 10.3. The molecule has 0 atom stereocenters. The lowest BCUT2D eigenvalue weighted by Gasteiger charge is -2.26. The summed E-state index contributed by atoms with van der Waals surface area (Å²) in [7, 11) is 0. The van der Waals surface area contributed by atoms with Crippen molar-refractivity contribution in [3.05, 3.63) is 66.7 Å². The average molecular weight is 395 g/mol. The molecule has 152 valence electrons. The zero-order valence-electron chi connectivity index (χ0n) is 16.2. The predicted octanol–water partition coefficient (Wildman–Crippen LogP) is 2.77. The van der Waals surface area contributed by atoms with Crippen molar-refractivity contribution < 1.29 is 19.1 Å². The lowest BCUT2D eigenvalue weighted by Crippen LogP contribution is -2.40. The molecule has 1 aliphatic heterocycles. The molecule has 0 radical (unpaired) electrons. The zero-order chi connectivity index (χ0) is 20.5. The Labute approximate surface area is 170 Å². The van der Waals surface area contributed by atoms with E-state index >= 15 is 0 Å². The molecule has 0 aromatic heterocycles. The third-order valence-electron chi connectivity index (χ3n) is 4.37. The van der Waals surface area contributed by atoms with Crippen molar-refractivity contribution in [3.8, 4) is 5.75 Å². The van der Waals surface area contributed by atoms with Crippen LogP contribution in [0.2, 0.25) is 0 Å². The number of morpholine rings is 1. The highest BCUT2D eigenvalue weighted by atomic mass is 16.5. The highest BCUT2D eigenvalue weighted by Gasteiger charge is 2.18. The smallest absolute Gasteiger partial charge is 0.254 e. The second-order valence-corrected chi connectivity index (χ2v) is 6.51. The molecule has 0 spiro atoms. The fourth-order valence-electron chi connectivity index (χ4n) is 2.89. The van der Waals surface area contributed by atoms with Gasteiger partial charge in [-0.15, -0.1) is 0 Å². The van der Waals surface area contributed by atoms with Gasteiger partial charge in [0.1, 0.15) is 12.4 Å². The number of benzene rings is 2. The van der Waals surface area contributed by atoms with E-state index in [4.69, 9.17) is 9.47 Å². The van der Waals surface area contributed by atoms with Crippen molar-refractivity contribution >= 4 is 23.2 Å². The molecule has 0 saturated carbocycles. The van der Waals surface area contributed by atoms with Gasteiger partial charge >= 0.3 is 0 Å². The summed E-state index contributed by atoms with van der Waals surface area (Å²) in [5.74, 6) is 0.478. The summed E-state index contributed by atoms with van der Waals surface area (Å²) in [6, 6.07) is 14.3. The van der Waals surface area contributed by atoms with Crippen molar-refractivity contribution in [3.63, 3.8) is 0 Å². The van der Waals surface area contributed by atoms with E-state index in [1.165, 1.54) is 0 Å². The molecule has 2 aromatic carbocycles. The average Bonchev–Trinajstić information content (AvgIpc) is 2.77. The molecule has 1 saturated heterocycles. The Kier molecular flexibility index (Phi) is 7.24. The van der Waals surface area contributed by atoms with Gasteiger partial charge in [-0.3, -0.25) is 9.59 Å². The number of nitrogens with one attached hydrogen (secondary N) is 2. The molecule has 7 heteroatoms. The molecule has 2 aromatic rings. The fraction of sp³-hybridized carbons (Fsp3) is 0.273. The number of carbonyl (C=O) groups is 2. The van der Waals surface area contributed by atoms with Crippen molar-refractivity contribution in [1.29, 1.82) is 0 Å². The maximum atomic E-state index is 12.4. The minimum Gasteiger partial charge on any atom is -0.489 e. The SMILES string of the molecule is C=CCOc1cccc(NC(=O)CNc2ccc(C(=O)N3CCOCC3)cc2)c1. The molecule has 0 aliphatic carbocycles. The quantitative estimate of drug-likeness (QED) is 0.672. The number of carbonyl (C=O) groups excluding carboxylic acids is 2. The zero-order valence-corrected chi connectivity index (χ0v) is 16.2. The molecule has 29 heavy (non-hydrogen) atoms. The molecule has 2 N–H and O–H groups in total. The number of anilines is 2. The van der Waals surface area contributed by atoms with Crippen molar-refractivity contribution in [2.45, 2.75) is 0 Å². The summed E-state index contributed by atoms with van der Waals surface area (Å²) in [4.78, 5) is 26.4. The summed E-state index contributed by atoms with van der Waals surface area (Å²) in [5, 5.41) is 5.88. The Hall–Kier alpha value is -3.32. The maximum absolute atomic E-state index is 12.4. The van der Waals surface area contributed by atoms with Crippen molar-refractivity contribution in [1.82, 2.24) is 4.90 Å². The topological polar surface area (TPSA) is 79.9 Å². The van der Waals surface area contributed by atoms with E-state index in [1.54, 1.807) is 47.4 Å². The van der Waals surface area contributed by atoms with E-state index in [9.17, 15) is 9.59 Å². The third kappa shape index (κ3) is 6.08. The van der Waals surface area contributed by atoms with Crippen LogP contribution in [0.1, 0.15) is 10.4 Å². The maximum Gasteiger partial charge on any atom is 0.254 e. The van der Waals surface area contributed by atoms with E-state index in [2.05, 4.69) is 17.2 Å². The standard InChI is InChI=1S/C22H25N3O4/c1-2-12-29-20-5-3-4-19(15-20)24-21(26)16-23-18-8-6-17(7-9-18)22(27)25-10-13-28-14-11-25/h2-9,15,23H,1,10-14,16H2,(H,24,26). The van der Waals surface area contributed by atoms with E-state index in [0.29, 0.717) is 49.9 Å². The van der Waals surface area contributed by atoms with Gasteiger partial charge in [-0.1, -0.05) is 18.7 Å². The van der Waals surface area contributed by atoms with Crippen LogP contribution in [0.4, 0.5) is 11.4 Å². The third-order valence-corrected chi connectivity index (χ3v) is 4.37. The van der Waals surface area contributed by atoms with E-state index in [1.807, 2.05) is 12.1 Å². The normalized spacial score (nSPS) is 13.4. The van der Waals surface area contributed by atoms with Crippen LogP contribution < -0.4 is 15.4 Å². The first-order valence-corrected chi connectivity index (χ1v) is 9.50. The second-order valence-electron chi connectivity index (χ2n) is 6.51. The van der Waals surface area contributed by atoms with Gasteiger partial charge in [-0.2, -0.15) is 0 Å². The molecule has 1 fully saturated rings. The number of hydrogen-bond acceptors (Lipinski definition) is 5. The first kappa shape index (κ1) is 20.4. The van der Waals surface area contributed by atoms with Crippen LogP contribution >= 0.6 is 0 Å². The molecule has 1 heterocycles. The first-order chi connectivity index (χ1) is 14.2. The molecular formula is C22H25N3O4. The van der Waals surface area contributed by atoms with Gasteiger partial charge in [0, 0.05) is 36.1 Å². The Balaban J connectivity index is 1.48. The minimum absolute atomic E-state index is 0.00357. The van der Waals surface area contributed by atoms with Crippen LogP contribution in [-0.4, -0.2) is 56.2 Å². The lowest BCUT2D eigenvalue weighted by atomic mass is 10.1. The van der Waals surface area contributed by atoms with Gasteiger partial charge in [0.15, 0.2) is 0 Å². The Morgan fingerprint density at radius 3 is 2.59 bits per heavy atom. The van der Waals surface area contributed by atoms with Crippen LogP contribution in [0.3, 0.4) is 0 Å². The van der Waals surface area contributed by atoms with E-state index in [0.717, 1.165) is 5.69 Å². The Bertz CT molecular complexity index is 845. The van der Waals surface area contributed by atoms with Gasteiger partial charge in [-0.05, 0) is 36.4 Å². The van der Waals surface area contributed by atoms with Gasteiger partial charge in [0.2, 0.25) is 5.91 Å².